The van der Waals surface area contributed by atoms with E-state index in [1.54, 1.807) is 17.9 Å². The van der Waals surface area contributed by atoms with Crippen LogP contribution in [0.25, 0.3) is 0 Å². The topological polar surface area (TPSA) is 74.4 Å². The first-order chi connectivity index (χ1) is 14.4. The molecule has 0 spiro atoms. The highest BCUT2D eigenvalue weighted by Gasteiger charge is 2.23. The fourth-order valence-electron chi connectivity index (χ4n) is 3.38. The Morgan fingerprint density at radius 2 is 2.03 bits per heavy atom. The van der Waals surface area contributed by atoms with E-state index in [-0.39, 0.29) is 12.5 Å². The van der Waals surface area contributed by atoms with Crippen molar-refractivity contribution in [1.82, 2.24) is 14.7 Å². The molecule has 0 radical (unpaired) electrons. The van der Waals surface area contributed by atoms with Gasteiger partial charge in [0.25, 0.3) is 0 Å². The SMILES string of the molecule is COc1cc(N2CCN(C(=O)Cn3nc(C/C=C/C#N)c(Cl)c3C)CC2)ccc1Cl. The summed E-state index contributed by atoms with van der Waals surface area (Å²) in [6, 6.07) is 7.63. The van der Waals surface area contributed by atoms with Crippen LogP contribution in [0.1, 0.15) is 11.4 Å². The van der Waals surface area contributed by atoms with Gasteiger partial charge < -0.3 is 14.5 Å². The molecule has 7 nitrogen and oxygen atoms in total. The van der Waals surface area contributed by atoms with Crippen molar-refractivity contribution in [2.75, 3.05) is 38.2 Å². The third kappa shape index (κ3) is 4.89. The van der Waals surface area contributed by atoms with Gasteiger partial charge in [-0.3, -0.25) is 9.48 Å². The van der Waals surface area contributed by atoms with Crippen LogP contribution in [0.15, 0.2) is 30.4 Å². The number of ether oxygens (including phenoxy) is 1. The summed E-state index contributed by atoms with van der Waals surface area (Å²) in [5, 5.41) is 14.2. The zero-order chi connectivity index (χ0) is 21.7. The van der Waals surface area contributed by atoms with Crippen LogP contribution >= 0.6 is 23.2 Å². The number of methoxy groups -OCH3 is 1. The van der Waals surface area contributed by atoms with E-state index in [0.29, 0.717) is 41.0 Å². The molecule has 1 aliphatic heterocycles. The maximum absolute atomic E-state index is 12.8. The smallest absolute Gasteiger partial charge is 0.244 e. The van der Waals surface area contributed by atoms with Crippen molar-refractivity contribution in [3.8, 4) is 11.8 Å². The van der Waals surface area contributed by atoms with Gasteiger partial charge in [0, 0.05) is 50.4 Å². The number of nitriles is 1. The fraction of sp³-hybridized carbons (Fsp3) is 0.381. The number of carbonyl (C=O) groups is 1. The van der Waals surface area contributed by atoms with Gasteiger partial charge in [0.1, 0.15) is 12.3 Å². The van der Waals surface area contributed by atoms with E-state index in [9.17, 15) is 4.79 Å². The predicted octanol–water partition coefficient (Wildman–Crippen LogP) is 3.48. The van der Waals surface area contributed by atoms with Crippen LogP contribution in [0.5, 0.6) is 5.75 Å². The number of anilines is 1. The molecule has 0 bridgehead atoms. The molecule has 2 heterocycles. The van der Waals surface area contributed by atoms with Crippen molar-refractivity contribution in [3.05, 3.63) is 51.8 Å². The minimum absolute atomic E-state index is 0.00437. The van der Waals surface area contributed by atoms with Gasteiger partial charge >= 0.3 is 0 Å². The number of piperazine rings is 1. The van der Waals surface area contributed by atoms with Crippen molar-refractivity contribution in [1.29, 1.82) is 5.26 Å². The standard InChI is InChI=1S/C21H23Cl2N5O2/c1-15-21(23)18(5-3-4-8-24)25-28(15)14-20(29)27-11-9-26(10-12-27)16-6-7-17(22)19(13-16)30-2/h3-4,6-7,13H,5,9-12,14H2,1-2H3/b4-3+. The molecule has 2 aromatic rings. The van der Waals surface area contributed by atoms with Crippen LogP contribution in [0.2, 0.25) is 10.0 Å². The van der Waals surface area contributed by atoms with E-state index in [0.717, 1.165) is 24.5 Å². The number of aromatic nitrogens is 2. The van der Waals surface area contributed by atoms with Crippen LogP contribution in [0.4, 0.5) is 5.69 Å². The molecule has 3 rings (SSSR count). The first kappa shape index (κ1) is 22.0. The molecule has 1 amide bonds. The molecule has 9 heteroatoms. The number of halogens is 2. The molecule has 0 unspecified atom stereocenters. The maximum atomic E-state index is 12.8. The van der Waals surface area contributed by atoms with Crippen LogP contribution in [-0.2, 0) is 17.8 Å². The monoisotopic (exact) mass is 447 g/mol. The number of benzene rings is 1. The molecular weight excluding hydrogens is 425 g/mol. The number of amides is 1. The van der Waals surface area contributed by atoms with E-state index in [1.165, 1.54) is 6.08 Å². The van der Waals surface area contributed by atoms with Gasteiger partial charge in [0.2, 0.25) is 5.91 Å². The van der Waals surface area contributed by atoms with Gasteiger partial charge in [0.05, 0.1) is 34.6 Å². The van der Waals surface area contributed by atoms with Crippen molar-refractivity contribution in [3.63, 3.8) is 0 Å². The Kier molecular flexibility index (Phi) is 7.24. The average molecular weight is 448 g/mol. The number of hydrogen-bond acceptors (Lipinski definition) is 5. The molecule has 1 saturated heterocycles. The summed E-state index contributed by atoms with van der Waals surface area (Å²) in [6.45, 7) is 4.67. The van der Waals surface area contributed by atoms with Gasteiger partial charge in [-0.15, -0.1) is 0 Å². The Morgan fingerprint density at radius 1 is 1.30 bits per heavy atom. The molecule has 1 fully saturated rings. The van der Waals surface area contributed by atoms with Crippen LogP contribution in [-0.4, -0.2) is 53.9 Å². The van der Waals surface area contributed by atoms with Gasteiger partial charge in [-0.25, -0.2) is 0 Å². The number of hydrogen-bond donors (Lipinski definition) is 0. The maximum Gasteiger partial charge on any atom is 0.244 e. The summed E-state index contributed by atoms with van der Waals surface area (Å²) in [4.78, 5) is 16.8. The highest BCUT2D eigenvalue weighted by Crippen LogP contribution is 2.30. The zero-order valence-electron chi connectivity index (χ0n) is 16.9. The lowest BCUT2D eigenvalue weighted by atomic mass is 10.2. The quantitative estimate of drug-likeness (QED) is 0.633. The third-order valence-electron chi connectivity index (χ3n) is 5.12. The molecule has 0 aliphatic carbocycles. The van der Waals surface area contributed by atoms with E-state index >= 15 is 0 Å². The normalized spacial score (nSPS) is 14.2. The van der Waals surface area contributed by atoms with Gasteiger partial charge in [0.15, 0.2) is 0 Å². The summed E-state index contributed by atoms with van der Waals surface area (Å²) in [5.74, 6) is 0.642. The largest absolute Gasteiger partial charge is 0.495 e. The zero-order valence-corrected chi connectivity index (χ0v) is 18.4. The van der Waals surface area contributed by atoms with Crippen LogP contribution < -0.4 is 9.64 Å². The Balaban J connectivity index is 1.60. The fourth-order valence-corrected chi connectivity index (χ4v) is 3.79. The second-order valence-corrected chi connectivity index (χ2v) is 7.71. The summed E-state index contributed by atoms with van der Waals surface area (Å²) in [5.41, 5.74) is 2.43. The van der Waals surface area contributed by atoms with E-state index < -0.39 is 0 Å². The minimum Gasteiger partial charge on any atom is -0.495 e. The van der Waals surface area contributed by atoms with Crippen LogP contribution in [0, 0.1) is 18.3 Å². The summed E-state index contributed by atoms with van der Waals surface area (Å²) in [6.07, 6.45) is 3.55. The number of carbonyl (C=O) groups excluding carboxylic acids is 1. The second-order valence-electron chi connectivity index (χ2n) is 6.93. The third-order valence-corrected chi connectivity index (χ3v) is 5.92. The van der Waals surface area contributed by atoms with Crippen LogP contribution in [0.3, 0.4) is 0 Å². The summed E-state index contributed by atoms with van der Waals surface area (Å²) < 4.78 is 6.93. The average Bonchev–Trinajstić information content (AvgIpc) is 3.02. The molecule has 1 aliphatic rings. The Bertz CT molecular complexity index is 988. The molecule has 158 valence electrons. The Morgan fingerprint density at radius 3 is 2.70 bits per heavy atom. The lowest BCUT2D eigenvalue weighted by molar-refractivity contribution is -0.132. The number of allylic oxidation sites excluding steroid dienone is 2. The molecule has 1 aromatic heterocycles. The molecule has 0 atom stereocenters. The Hall–Kier alpha value is -2.69. The van der Waals surface area contributed by atoms with Gasteiger partial charge in [-0.1, -0.05) is 29.3 Å². The second kappa shape index (κ2) is 9.88. The van der Waals surface area contributed by atoms with Crippen molar-refractivity contribution in [2.45, 2.75) is 19.9 Å². The number of rotatable bonds is 6. The predicted molar refractivity (Wildman–Crippen MR) is 117 cm³/mol. The summed E-state index contributed by atoms with van der Waals surface area (Å²) >= 11 is 12.4. The van der Waals surface area contributed by atoms with Crippen molar-refractivity contribution < 1.29 is 9.53 Å². The summed E-state index contributed by atoms with van der Waals surface area (Å²) in [7, 11) is 1.59. The highest BCUT2D eigenvalue weighted by atomic mass is 35.5. The van der Waals surface area contributed by atoms with Gasteiger partial charge in [-0.05, 0) is 19.1 Å². The molecule has 30 heavy (non-hydrogen) atoms. The lowest BCUT2D eigenvalue weighted by Crippen LogP contribution is -2.49. The van der Waals surface area contributed by atoms with Crippen molar-refractivity contribution >= 4 is 34.8 Å². The highest BCUT2D eigenvalue weighted by molar-refractivity contribution is 6.32. The first-order valence-electron chi connectivity index (χ1n) is 9.57. The lowest BCUT2D eigenvalue weighted by Gasteiger charge is -2.36. The first-order valence-corrected chi connectivity index (χ1v) is 10.3. The van der Waals surface area contributed by atoms with Gasteiger partial charge in [-0.2, -0.15) is 10.4 Å². The minimum atomic E-state index is 0.00437. The van der Waals surface area contributed by atoms with E-state index in [2.05, 4.69) is 10.00 Å². The van der Waals surface area contributed by atoms with Crippen molar-refractivity contribution in [2.24, 2.45) is 0 Å². The van der Waals surface area contributed by atoms with E-state index in [1.807, 2.05) is 36.1 Å². The molecular formula is C21H23Cl2N5O2. The molecule has 1 aromatic carbocycles. The van der Waals surface area contributed by atoms with E-state index in [4.69, 9.17) is 33.2 Å². The number of nitrogens with zero attached hydrogens (tertiary/aromatic N) is 5. The molecule has 0 saturated carbocycles. The molecule has 0 N–H and O–H groups in total. The Labute approximate surface area is 186 Å².